The van der Waals surface area contributed by atoms with Crippen LogP contribution in [0.5, 0.6) is 0 Å². The smallest absolute Gasteiger partial charge is 0.254 e. The molecule has 3 aromatic rings. The van der Waals surface area contributed by atoms with E-state index in [9.17, 15) is 4.79 Å². The largest absolute Gasteiger partial charge is 0.330 e. The maximum atomic E-state index is 13.1. The van der Waals surface area contributed by atoms with Crippen LogP contribution in [0.4, 0.5) is 0 Å². The fourth-order valence-electron chi connectivity index (χ4n) is 2.76. The van der Waals surface area contributed by atoms with Gasteiger partial charge in [-0.05, 0) is 49.1 Å². The van der Waals surface area contributed by atoms with E-state index in [4.69, 9.17) is 0 Å². The summed E-state index contributed by atoms with van der Waals surface area (Å²) >= 11 is 1.70. The number of aromatic nitrogens is 2. The number of fused-ring (bicyclic) bond motifs is 1. The molecule has 0 aliphatic heterocycles. The average molecular weight is 363 g/mol. The van der Waals surface area contributed by atoms with Crippen LogP contribution in [-0.2, 0) is 6.54 Å². The second-order valence-corrected chi connectivity index (χ2v) is 7.11. The molecule has 1 amide bonds. The zero-order valence-electron chi connectivity index (χ0n) is 15.0. The number of rotatable bonds is 6. The maximum Gasteiger partial charge on any atom is 0.254 e. The van der Waals surface area contributed by atoms with E-state index in [1.54, 1.807) is 30.2 Å². The number of nitrogens with zero attached hydrogens (tertiary/aromatic N) is 3. The van der Waals surface area contributed by atoms with Gasteiger partial charge in [0.05, 0.1) is 11.0 Å². The number of carbonyl (C=O) groups excluding carboxylic acids is 1. The topological polar surface area (TPSA) is 46.1 Å². The molecule has 3 rings (SSSR count). The molecule has 2 aromatic carbocycles. The molecule has 132 valence electrons. The molecule has 0 aliphatic rings. The summed E-state index contributed by atoms with van der Waals surface area (Å²) in [7, 11) is 0. The van der Waals surface area contributed by atoms with Gasteiger partial charge in [-0.3, -0.25) is 14.8 Å². The number of benzene rings is 2. The van der Waals surface area contributed by atoms with Crippen molar-refractivity contribution in [3.8, 4) is 0 Å². The first-order valence-corrected chi connectivity index (χ1v) is 9.56. The van der Waals surface area contributed by atoms with Gasteiger partial charge in [-0.1, -0.05) is 24.3 Å². The molecule has 26 heavy (non-hydrogen) atoms. The lowest BCUT2D eigenvalue weighted by Crippen LogP contribution is -2.32. The minimum atomic E-state index is -0.0329. The average Bonchev–Trinajstić information content (AvgIpc) is 2.66. The summed E-state index contributed by atoms with van der Waals surface area (Å²) in [5, 5.41) is 0. The van der Waals surface area contributed by atoms with Crippen LogP contribution in [0.1, 0.15) is 22.8 Å². The van der Waals surface area contributed by atoms with E-state index in [-0.39, 0.29) is 5.91 Å². The molecule has 0 unspecified atom stereocenters. The molecule has 0 spiro atoms. The molecular weight excluding hydrogens is 342 g/mol. The van der Waals surface area contributed by atoms with Gasteiger partial charge in [-0.15, -0.1) is 11.8 Å². The Hall–Kier alpha value is -2.66. The molecule has 0 bridgehead atoms. The Kier molecular flexibility index (Phi) is 5.68. The van der Waals surface area contributed by atoms with Crippen LogP contribution in [0.2, 0.25) is 0 Å². The van der Waals surface area contributed by atoms with Crippen molar-refractivity contribution in [2.75, 3.05) is 12.8 Å². The van der Waals surface area contributed by atoms with Crippen molar-refractivity contribution in [1.82, 2.24) is 14.9 Å². The van der Waals surface area contributed by atoms with Gasteiger partial charge in [0.15, 0.2) is 0 Å². The number of carbonyl (C=O) groups is 1. The molecule has 0 radical (unpaired) electrons. The highest BCUT2D eigenvalue weighted by Crippen LogP contribution is 2.18. The third-order valence-corrected chi connectivity index (χ3v) is 4.74. The minimum absolute atomic E-state index is 0.0329. The number of thioether (sulfide) groups is 1. The summed E-state index contributed by atoms with van der Waals surface area (Å²) in [6, 6.07) is 13.7. The molecule has 5 heteroatoms. The Bertz CT molecular complexity index is 937. The van der Waals surface area contributed by atoms with Crippen molar-refractivity contribution in [3.05, 3.63) is 78.1 Å². The normalized spacial score (nSPS) is 10.7. The molecule has 1 aromatic heterocycles. The molecular formula is C21H21N3OS. The van der Waals surface area contributed by atoms with E-state index in [0.29, 0.717) is 18.7 Å². The van der Waals surface area contributed by atoms with Crippen LogP contribution in [0, 0.1) is 0 Å². The molecule has 0 atom stereocenters. The van der Waals surface area contributed by atoms with Crippen molar-refractivity contribution in [2.45, 2.75) is 18.4 Å². The molecule has 0 fully saturated rings. The van der Waals surface area contributed by atoms with Crippen LogP contribution in [0.25, 0.3) is 11.0 Å². The Morgan fingerprint density at radius 1 is 1.08 bits per heavy atom. The predicted molar refractivity (Wildman–Crippen MR) is 107 cm³/mol. The highest BCUT2D eigenvalue weighted by Gasteiger charge is 2.17. The Balaban J connectivity index is 1.87. The van der Waals surface area contributed by atoms with Gasteiger partial charge in [0, 0.05) is 35.9 Å². The van der Waals surface area contributed by atoms with Crippen molar-refractivity contribution >= 4 is 28.7 Å². The van der Waals surface area contributed by atoms with Gasteiger partial charge in [0.1, 0.15) is 0 Å². The molecule has 0 aliphatic carbocycles. The fraction of sp³-hybridized carbons (Fsp3) is 0.190. The number of hydrogen-bond acceptors (Lipinski definition) is 4. The third kappa shape index (κ3) is 4.29. The minimum Gasteiger partial charge on any atom is -0.330 e. The predicted octanol–water partition coefficient (Wildman–Crippen LogP) is 4.57. The van der Waals surface area contributed by atoms with Gasteiger partial charge in [0.25, 0.3) is 5.91 Å². The Morgan fingerprint density at radius 3 is 2.42 bits per heavy atom. The molecule has 4 nitrogen and oxygen atoms in total. The lowest BCUT2D eigenvalue weighted by Gasteiger charge is -2.23. The number of hydrogen-bond donors (Lipinski definition) is 0. The van der Waals surface area contributed by atoms with Crippen LogP contribution in [0.3, 0.4) is 0 Å². The summed E-state index contributed by atoms with van der Waals surface area (Å²) in [6.07, 6.45) is 5.33. The van der Waals surface area contributed by atoms with Crippen LogP contribution >= 0.6 is 11.8 Å². The van der Waals surface area contributed by atoms with E-state index >= 15 is 0 Å². The van der Waals surface area contributed by atoms with E-state index in [1.165, 1.54) is 4.90 Å². The zero-order valence-corrected chi connectivity index (χ0v) is 15.8. The van der Waals surface area contributed by atoms with Gasteiger partial charge in [-0.25, -0.2) is 0 Å². The first-order valence-electron chi connectivity index (χ1n) is 8.34. The van der Waals surface area contributed by atoms with Crippen molar-refractivity contribution in [1.29, 1.82) is 0 Å². The standard InChI is InChI=1S/C21H21N3OS/c1-15(2)13-24(14-16-4-7-18(26-3)8-5-16)21(25)17-6-9-19-20(12-17)23-11-10-22-19/h4-12H,1,13-14H2,2-3H3. The van der Waals surface area contributed by atoms with Gasteiger partial charge >= 0.3 is 0 Å². The lowest BCUT2D eigenvalue weighted by molar-refractivity contribution is 0.0758. The summed E-state index contributed by atoms with van der Waals surface area (Å²) in [5.74, 6) is -0.0329. The van der Waals surface area contributed by atoms with Crippen LogP contribution in [-0.4, -0.2) is 33.6 Å². The van der Waals surface area contributed by atoms with E-state index in [2.05, 4.69) is 47.1 Å². The summed E-state index contributed by atoms with van der Waals surface area (Å²) in [5.41, 5.74) is 4.15. The first-order chi connectivity index (χ1) is 12.6. The fourth-order valence-corrected chi connectivity index (χ4v) is 3.16. The van der Waals surface area contributed by atoms with Crippen molar-refractivity contribution in [2.24, 2.45) is 0 Å². The lowest BCUT2D eigenvalue weighted by atomic mass is 10.1. The third-order valence-electron chi connectivity index (χ3n) is 4.00. The van der Waals surface area contributed by atoms with Gasteiger partial charge in [-0.2, -0.15) is 0 Å². The molecule has 0 N–H and O–H groups in total. The second kappa shape index (κ2) is 8.15. The van der Waals surface area contributed by atoms with E-state index in [1.807, 2.05) is 24.0 Å². The Morgan fingerprint density at radius 2 is 1.77 bits per heavy atom. The number of amides is 1. The SMILES string of the molecule is C=C(C)CN(Cc1ccc(SC)cc1)C(=O)c1ccc2nccnc2c1. The van der Waals surface area contributed by atoms with Gasteiger partial charge in [0.2, 0.25) is 0 Å². The Labute approximate surface area is 158 Å². The summed E-state index contributed by atoms with van der Waals surface area (Å²) < 4.78 is 0. The van der Waals surface area contributed by atoms with Crippen molar-refractivity contribution in [3.63, 3.8) is 0 Å². The molecule has 0 saturated carbocycles. The van der Waals surface area contributed by atoms with Crippen LogP contribution in [0.15, 0.2) is 71.9 Å². The van der Waals surface area contributed by atoms with Crippen molar-refractivity contribution < 1.29 is 4.79 Å². The maximum absolute atomic E-state index is 13.1. The monoisotopic (exact) mass is 363 g/mol. The van der Waals surface area contributed by atoms with E-state index < -0.39 is 0 Å². The van der Waals surface area contributed by atoms with Gasteiger partial charge < -0.3 is 4.90 Å². The molecule has 1 heterocycles. The summed E-state index contributed by atoms with van der Waals surface area (Å²) in [4.78, 5) is 24.7. The second-order valence-electron chi connectivity index (χ2n) is 6.23. The van der Waals surface area contributed by atoms with E-state index in [0.717, 1.165) is 22.2 Å². The van der Waals surface area contributed by atoms with Crippen LogP contribution < -0.4 is 0 Å². The molecule has 0 saturated heterocycles. The highest BCUT2D eigenvalue weighted by molar-refractivity contribution is 7.98. The summed E-state index contributed by atoms with van der Waals surface area (Å²) in [6.45, 7) is 6.96. The quantitative estimate of drug-likeness (QED) is 0.475. The zero-order chi connectivity index (χ0) is 18.5. The first kappa shape index (κ1) is 18.1. The highest BCUT2D eigenvalue weighted by atomic mass is 32.2.